The Morgan fingerprint density at radius 1 is 1.56 bits per heavy atom. The van der Waals surface area contributed by atoms with Crippen LogP contribution in [0.25, 0.3) is 0 Å². The molecule has 98 valence electrons. The van der Waals surface area contributed by atoms with Gasteiger partial charge in [-0.1, -0.05) is 12.1 Å². The van der Waals surface area contributed by atoms with E-state index in [1.807, 2.05) is 0 Å². The van der Waals surface area contributed by atoms with E-state index in [0.717, 1.165) is 0 Å². The van der Waals surface area contributed by atoms with Gasteiger partial charge in [0, 0.05) is 11.6 Å². The molecule has 1 aromatic rings. The third-order valence-electron chi connectivity index (χ3n) is 2.57. The van der Waals surface area contributed by atoms with Crippen LogP contribution in [0, 0.1) is 17.0 Å². The molecule has 0 aliphatic rings. The molecule has 0 radical (unpaired) electrons. The highest BCUT2D eigenvalue weighted by atomic mass is 16.6. The lowest BCUT2D eigenvalue weighted by atomic mass is 10.00. The van der Waals surface area contributed by atoms with E-state index in [2.05, 4.69) is 0 Å². The van der Waals surface area contributed by atoms with Crippen LogP contribution in [0.5, 0.6) is 0 Å². The van der Waals surface area contributed by atoms with Crippen LogP contribution < -0.4 is 0 Å². The molecule has 1 aromatic carbocycles. The summed E-state index contributed by atoms with van der Waals surface area (Å²) < 4.78 is 4.72. The molecule has 0 saturated heterocycles. The summed E-state index contributed by atoms with van der Waals surface area (Å²) in [6.07, 6.45) is -1.31. The molecule has 0 heterocycles. The molecule has 0 aliphatic carbocycles. The maximum atomic E-state index is 11.2. The maximum absolute atomic E-state index is 11.2. The predicted octanol–water partition coefficient (Wildman–Crippen LogP) is 1.89. The first kappa shape index (κ1) is 14.1. The minimum Gasteiger partial charge on any atom is -0.466 e. The van der Waals surface area contributed by atoms with Crippen LogP contribution in [0.15, 0.2) is 18.2 Å². The quantitative estimate of drug-likeness (QED) is 0.491. The summed E-state index contributed by atoms with van der Waals surface area (Å²) in [5.41, 5.74) is 0.659. The molecule has 1 atom stereocenters. The van der Waals surface area contributed by atoms with Crippen LogP contribution >= 0.6 is 0 Å². The van der Waals surface area contributed by atoms with Gasteiger partial charge in [-0.2, -0.15) is 0 Å². The summed E-state index contributed by atoms with van der Waals surface area (Å²) in [5, 5.41) is 20.6. The van der Waals surface area contributed by atoms with E-state index in [-0.39, 0.29) is 18.7 Å². The largest absolute Gasteiger partial charge is 0.466 e. The average molecular weight is 253 g/mol. The first-order valence-corrected chi connectivity index (χ1v) is 5.55. The van der Waals surface area contributed by atoms with Crippen LogP contribution in [0.2, 0.25) is 0 Å². The Hall–Kier alpha value is -1.95. The summed E-state index contributed by atoms with van der Waals surface area (Å²) in [6.45, 7) is 3.45. The number of benzene rings is 1. The van der Waals surface area contributed by atoms with Crippen molar-refractivity contribution in [2.45, 2.75) is 26.4 Å². The standard InChI is InChI=1S/C12H15NO5/c1-3-18-12(15)7-11(14)9-5-4-6-10(8(9)2)13(16)17/h4-6,11,14H,3,7H2,1-2H3. The number of ether oxygens (including phenoxy) is 1. The highest BCUT2D eigenvalue weighted by Gasteiger charge is 2.20. The van der Waals surface area contributed by atoms with Gasteiger partial charge in [0.2, 0.25) is 0 Å². The second-order valence-corrected chi connectivity index (χ2v) is 3.77. The van der Waals surface area contributed by atoms with Crippen LogP contribution in [0.1, 0.15) is 30.6 Å². The average Bonchev–Trinajstić information content (AvgIpc) is 2.28. The van der Waals surface area contributed by atoms with Gasteiger partial charge in [0.05, 0.1) is 24.1 Å². The number of nitrogens with zero attached hydrogens (tertiary/aromatic N) is 1. The lowest BCUT2D eigenvalue weighted by Gasteiger charge is -2.12. The summed E-state index contributed by atoms with van der Waals surface area (Å²) in [6, 6.07) is 4.40. The lowest BCUT2D eigenvalue weighted by Crippen LogP contribution is -2.11. The number of esters is 1. The molecular weight excluding hydrogens is 238 g/mol. The molecule has 0 saturated carbocycles. The summed E-state index contributed by atoms with van der Waals surface area (Å²) in [4.78, 5) is 21.5. The summed E-state index contributed by atoms with van der Waals surface area (Å²) in [7, 11) is 0. The molecule has 0 fully saturated rings. The van der Waals surface area contributed by atoms with Crippen molar-refractivity contribution in [2.75, 3.05) is 6.61 Å². The second-order valence-electron chi connectivity index (χ2n) is 3.77. The fourth-order valence-corrected chi connectivity index (χ4v) is 1.69. The number of nitro groups is 1. The molecule has 1 N–H and O–H groups in total. The number of nitro benzene ring substituents is 1. The number of hydrogen-bond donors (Lipinski definition) is 1. The number of rotatable bonds is 5. The van der Waals surface area contributed by atoms with Crippen LogP contribution in [0.3, 0.4) is 0 Å². The van der Waals surface area contributed by atoms with Crippen molar-refractivity contribution >= 4 is 11.7 Å². The van der Waals surface area contributed by atoms with E-state index in [9.17, 15) is 20.0 Å². The van der Waals surface area contributed by atoms with E-state index in [4.69, 9.17) is 4.74 Å². The molecule has 0 spiro atoms. The van der Waals surface area contributed by atoms with E-state index in [1.165, 1.54) is 12.1 Å². The second kappa shape index (κ2) is 6.11. The van der Waals surface area contributed by atoms with Gasteiger partial charge in [-0.25, -0.2) is 0 Å². The van der Waals surface area contributed by atoms with Crippen LogP contribution in [0.4, 0.5) is 5.69 Å². The van der Waals surface area contributed by atoms with E-state index in [1.54, 1.807) is 19.9 Å². The third kappa shape index (κ3) is 3.27. The van der Waals surface area contributed by atoms with E-state index >= 15 is 0 Å². The molecule has 18 heavy (non-hydrogen) atoms. The Bertz CT molecular complexity index is 458. The van der Waals surface area contributed by atoms with Gasteiger partial charge in [0.1, 0.15) is 0 Å². The predicted molar refractivity (Wildman–Crippen MR) is 64.0 cm³/mol. The Morgan fingerprint density at radius 2 is 2.22 bits per heavy atom. The van der Waals surface area contributed by atoms with Gasteiger partial charge in [0.25, 0.3) is 5.69 Å². The van der Waals surface area contributed by atoms with Crippen molar-refractivity contribution in [3.8, 4) is 0 Å². The number of aliphatic hydroxyl groups excluding tert-OH is 1. The highest BCUT2D eigenvalue weighted by molar-refractivity contribution is 5.70. The normalized spacial score (nSPS) is 11.9. The highest BCUT2D eigenvalue weighted by Crippen LogP contribution is 2.27. The molecule has 0 aliphatic heterocycles. The van der Waals surface area contributed by atoms with Gasteiger partial charge < -0.3 is 9.84 Å². The van der Waals surface area contributed by atoms with Gasteiger partial charge in [-0.3, -0.25) is 14.9 Å². The number of carbonyl (C=O) groups is 1. The van der Waals surface area contributed by atoms with Crippen molar-refractivity contribution in [3.05, 3.63) is 39.4 Å². The van der Waals surface area contributed by atoms with E-state index in [0.29, 0.717) is 11.1 Å². The molecule has 0 bridgehead atoms. The minimum absolute atomic E-state index is 0.0737. The van der Waals surface area contributed by atoms with Gasteiger partial charge in [0.15, 0.2) is 0 Å². The maximum Gasteiger partial charge on any atom is 0.308 e. The molecule has 0 aromatic heterocycles. The molecule has 0 amide bonds. The molecule has 6 nitrogen and oxygen atoms in total. The molecular formula is C12H15NO5. The van der Waals surface area contributed by atoms with Crippen molar-refractivity contribution in [1.82, 2.24) is 0 Å². The number of hydrogen-bond acceptors (Lipinski definition) is 5. The first-order valence-electron chi connectivity index (χ1n) is 5.55. The monoisotopic (exact) mass is 253 g/mol. The lowest BCUT2D eigenvalue weighted by molar-refractivity contribution is -0.385. The van der Waals surface area contributed by atoms with Gasteiger partial charge in [-0.05, 0) is 19.4 Å². The minimum atomic E-state index is -1.09. The molecule has 1 rings (SSSR count). The van der Waals surface area contributed by atoms with Crippen molar-refractivity contribution < 1.29 is 19.6 Å². The fourth-order valence-electron chi connectivity index (χ4n) is 1.69. The molecule has 6 heteroatoms. The van der Waals surface area contributed by atoms with Crippen LogP contribution in [-0.2, 0) is 9.53 Å². The Balaban J connectivity index is 2.92. The fraction of sp³-hybridized carbons (Fsp3) is 0.417. The smallest absolute Gasteiger partial charge is 0.308 e. The van der Waals surface area contributed by atoms with Gasteiger partial charge >= 0.3 is 5.97 Å². The summed E-state index contributed by atoms with van der Waals surface area (Å²) >= 11 is 0. The summed E-state index contributed by atoms with van der Waals surface area (Å²) in [5.74, 6) is -0.532. The third-order valence-corrected chi connectivity index (χ3v) is 2.57. The zero-order valence-corrected chi connectivity index (χ0v) is 10.3. The van der Waals surface area contributed by atoms with Gasteiger partial charge in [-0.15, -0.1) is 0 Å². The van der Waals surface area contributed by atoms with Crippen molar-refractivity contribution in [1.29, 1.82) is 0 Å². The van der Waals surface area contributed by atoms with Crippen LogP contribution in [-0.4, -0.2) is 22.6 Å². The Labute approximate surface area is 104 Å². The number of aliphatic hydroxyl groups is 1. The Kier molecular flexibility index (Phi) is 4.79. The van der Waals surface area contributed by atoms with Crippen molar-refractivity contribution in [2.24, 2.45) is 0 Å². The Morgan fingerprint density at radius 3 is 2.78 bits per heavy atom. The topological polar surface area (TPSA) is 89.7 Å². The number of carbonyl (C=O) groups excluding carboxylic acids is 1. The zero-order chi connectivity index (χ0) is 13.7. The zero-order valence-electron chi connectivity index (χ0n) is 10.3. The van der Waals surface area contributed by atoms with E-state index < -0.39 is 17.0 Å². The first-order chi connectivity index (χ1) is 8.47. The molecule has 1 unspecified atom stereocenters. The SMILES string of the molecule is CCOC(=O)CC(O)c1cccc([N+](=O)[O-])c1C. The van der Waals surface area contributed by atoms with Crippen molar-refractivity contribution in [3.63, 3.8) is 0 Å².